The highest BCUT2D eigenvalue weighted by atomic mass is 16.5. The van der Waals surface area contributed by atoms with Crippen LogP contribution in [0.4, 0.5) is 0 Å². The number of ether oxygens (including phenoxy) is 1. The second-order valence-corrected chi connectivity index (χ2v) is 4.38. The Morgan fingerprint density at radius 2 is 2.26 bits per heavy atom. The monoisotopic (exact) mass is 260 g/mol. The number of pyridine rings is 1. The van der Waals surface area contributed by atoms with E-state index in [4.69, 9.17) is 4.74 Å². The molecule has 5 nitrogen and oxygen atoms in total. The lowest BCUT2D eigenvalue weighted by atomic mass is 10.0. The molecule has 0 aromatic carbocycles. The fourth-order valence-electron chi connectivity index (χ4n) is 2.18. The SMILES string of the molecule is CCCn1cc(C(NC)c2ccncc2OC)cn1. The zero-order valence-corrected chi connectivity index (χ0v) is 11.6. The number of rotatable bonds is 6. The van der Waals surface area contributed by atoms with E-state index in [2.05, 4.69) is 28.5 Å². The Morgan fingerprint density at radius 3 is 2.95 bits per heavy atom. The van der Waals surface area contributed by atoms with E-state index in [1.54, 1.807) is 19.5 Å². The maximum Gasteiger partial charge on any atom is 0.142 e. The van der Waals surface area contributed by atoms with Gasteiger partial charge in [0.15, 0.2) is 0 Å². The summed E-state index contributed by atoms with van der Waals surface area (Å²) in [5.41, 5.74) is 2.19. The molecule has 0 saturated carbocycles. The normalized spacial score (nSPS) is 12.4. The third-order valence-electron chi connectivity index (χ3n) is 3.08. The molecule has 1 N–H and O–H groups in total. The van der Waals surface area contributed by atoms with E-state index in [0.29, 0.717) is 0 Å². The molecule has 2 heterocycles. The minimum Gasteiger partial charge on any atom is -0.495 e. The van der Waals surface area contributed by atoms with Crippen molar-refractivity contribution in [1.29, 1.82) is 0 Å². The standard InChI is InChI=1S/C14H20N4O/c1-4-7-18-10-11(8-17-18)14(15-2)12-5-6-16-9-13(12)19-3/h5-6,8-10,14-15H,4,7H2,1-3H3. The maximum absolute atomic E-state index is 5.37. The Labute approximate surface area is 113 Å². The molecule has 0 spiro atoms. The molecule has 0 aliphatic rings. The van der Waals surface area contributed by atoms with E-state index >= 15 is 0 Å². The molecular formula is C14H20N4O. The van der Waals surface area contributed by atoms with Gasteiger partial charge in [0.2, 0.25) is 0 Å². The molecular weight excluding hydrogens is 240 g/mol. The Kier molecular flexibility index (Phi) is 4.52. The summed E-state index contributed by atoms with van der Waals surface area (Å²) in [6.45, 7) is 3.08. The van der Waals surface area contributed by atoms with Crippen molar-refractivity contribution in [3.05, 3.63) is 42.0 Å². The summed E-state index contributed by atoms with van der Waals surface area (Å²) >= 11 is 0. The van der Waals surface area contributed by atoms with Gasteiger partial charge in [-0.25, -0.2) is 0 Å². The predicted molar refractivity (Wildman–Crippen MR) is 74.2 cm³/mol. The number of hydrogen-bond acceptors (Lipinski definition) is 4. The molecule has 102 valence electrons. The van der Waals surface area contributed by atoms with E-state index < -0.39 is 0 Å². The van der Waals surface area contributed by atoms with Gasteiger partial charge in [0.05, 0.1) is 25.5 Å². The lowest BCUT2D eigenvalue weighted by molar-refractivity contribution is 0.403. The maximum atomic E-state index is 5.37. The van der Waals surface area contributed by atoms with Crippen LogP contribution >= 0.6 is 0 Å². The van der Waals surface area contributed by atoms with Crippen LogP contribution < -0.4 is 10.1 Å². The molecule has 0 saturated heterocycles. The fourth-order valence-corrected chi connectivity index (χ4v) is 2.18. The average molecular weight is 260 g/mol. The van der Waals surface area contributed by atoms with Crippen molar-refractivity contribution >= 4 is 0 Å². The summed E-state index contributed by atoms with van der Waals surface area (Å²) in [7, 11) is 3.59. The molecule has 19 heavy (non-hydrogen) atoms. The first-order valence-corrected chi connectivity index (χ1v) is 6.47. The van der Waals surface area contributed by atoms with Crippen LogP contribution in [0.3, 0.4) is 0 Å². The summed E-state index contributed by atoms with van der Waals surface area (Å²) in [5, 5.41) is 7.68. The highest BCUT2D eigenvalue weighted by Crippen LogP contribution is 2.28. The van der Waals surface area contributed by atoms with Crippen molar-refractivity contribution in [2.45, 2.75) is 25.9 Å². The second kappa shape index (κ2) is 6.33. The van der Waals surface area contributed by atoms with Crippen LogP contribution in [0.5, 0.6) is 5.75 Å². The molecule has 2 rings (SSSR count). The largest absolute Gasteiger partial charge is 0.495 e. The van der Waals surface area contributed by atoms with E-state index in [1.165, 1.54) is 0 Å². The van der Waals surface area contributed by atoms with E-state index in [1.807, 2.05) is 24.0 Å². The summed E-state index contributed by atoms with van der Waals surface area (Å²) < 4.78 is 7.34. The molecule has 0 radical (unpaired) electrons. The smallest absolute Gasteiger partial charge is 0.142 e. The number of methoxy groups -OCH3 is 1. The highest BCUT2D eigenvalue weighted by molar-refractivity contribution is 5.38. The van der Waals surface area contributed by atoms with Crippen molar-refractivity contribution in [2.24, 2.45) is 0 Å². The topological polar surface area (TPSA) is 52.0 Å². The molecule has 2 aromatic rings. The second-order valence-electron chi connectivity index (χ2n) is 4.38. The fraction of sp³-hybridized carbons (Fsp3) is 0.429. The van der Waals surface area contributed by atoms with Crippen LogP contribution in [0.1, 0.15) is 30.5 Å². The third-order valence-corrected chi connectivity index (χ3v) is 3.08. The lowest BCUT2D eigenvalue weighted by Gasteiger charge is -2.17. The average Bonchev–Trinajstić information content (AvgIpc) is 2.89. The lowest BCUT2D eigenvalue weighted by Crippen LogP contribution is -2.18. The molecule has 5 heteroatoms. The van der Waals surface area contributed by atoms with Gasteiger partial charge < -0.3 is 10.1 Å². The van der Waals surface area contributed by atoms with Crippen molar-refractivity contribution in [1.82, 2.24) is 20.1 Å². The van der Waals surface area contributed by atoms with Gasteiger partial charge in [-0.3, -0.25) is 9.67 Å². The molecule has 0 bridgehead atoms. The third kappa shape index (κ3) is 2.93. The van der Waals surface area contributed by atoms with Gasteiger partial charge in [-0.05, 0) is 19.5 Å². The minimum absolute atomic E-state index is 0.0588. The first-order valence-electron chi connectivity index (χ1n) is 6.47. The summed E-state index contributed by atoms with van der Waals surface area (Å²) in [5.74, 6) is 0.782. The summed E-state index contributed by atoms with van der Waals surface area (Å²) in [6, 6.07) is 2.03. The Bertz CT molecular complexity index is 524. The Hall–Kier alpha value is -1.88. The van der Waals surface area contributed by atoms with Gasteiger partial charge in [-0.1, -0.05) is 6.92 Å². The van der Waals surface area contributed by atoms with Crippen LogP contribution in [0.25, 0.3) is 0 Å². The molecule has 0 aliphatic heterocycles. The molecule has 0 aliphatic carbocycles. The van der Waals surface area contributed by atoms with Gasteiger partial charge >= 0.3 is 0 Å². The van der Waals surface area contributed by atoms with Crippen molar-refractivity contribution in [2.75, 3.05) is 14.2 Å². The minimum atomic E-state index is 0.0588. The van der Waals surface area contributed by atoms with Gasteiger partial charge in [0, 0.05) is 30.1 Å². The number of hydrogen-bond donors (Lipinski definition) is 1. The number of nitrogens with one attached hydrogen (secondary N) is 1. The van der Waals surface area contributed by atoms with Crippen LogP contribution in [-0.4, -0.2) is 28.9 Å². The molecule has 1 unspecified atom stereocenters. The quantitative estimate of drug-likeness (QED) is 0.863. The van der Waals surface area contributed by atoms with Crippen LogP contribution in [0.15, 0.2) is 30.9 Å². The predicted octanol–water partition coefficient (Wildman–Crippen LogP) is 2.01. The highest BCUT2D eigenvalue weighted by Gasteiger charge is 2.18. The number of aryl methyl sites for hydroxylation is 1. The van der Waals surface area contributed by atoms with Crippen LogP contribution in [0.2, 0.25) is 0 Å². The zero-order chi connectivity index (χ0) is 13.7. The van der Waals surface area contributed by atoms with Gasteiger partial charge in [0.1, 0.15) is 5.75 Å². The van der Waals surface area contributed by atoms with Gasteiger partial charge in [-0.15, -0.1) is 0 Å². The van der Waals surface area contributed by atoms with Crippen LogP contribution in [0, 0.1) is 0 Å². The number of nitrogens with zero attached hydrogens (tertiary/aromatic N) is 3. The van der Waals surface area contributed by atoms with E-state index in [0.717, 1.165) is 29.8 Å². The molecule has 0 amide bonds. The number of aromatic nitrogens is 3. The first kappa shape index (κ1) is 13.5. The van der Waals surface area contributed by atoms with Gasteiger partial charge in [0.25, 0.3) is 0 Å². The van der Waals surface area contributed by atoms with Crippen LogP contribution in [-0.2, 0) is 6.54 Å². The molecule has 1 atom stereocenters. The molecule has 0 fully saturated rings. The Morgan fingerprint density at radius 1 is 1.42 bits per heavy atom. The first-order chi connectivity index (χ1) is 9.30. The summed E-state index contributed by atoms with van der Waals surface area (Å²) in [6.07, 6.45) is 8.56. The van der Waals surface area contributed by atoms with Gasteiger partial charge in [-0.2, -0.15) is 5.10 Å². The van der Waals surface area contributed by atoms with E-state index in [9.17, 15) is 0 Å². The van der Waals surface area contributed by atoms with Crippen molar-refractivity contribution in [3.63, 3.8) is 0 Å². The zero-order valence-electron chi connectivity index (χ0n) is 11.6. The molecule has 2 aromatic heterocycles. The van der Waals surface area contributed by atoms with E-state index in [-0.39, 0.29) is 6.04 Å². The summed E-state index contributed by atoms with van der Waals surface area (Å²) in [4.78, 5) is 4.09. The van der Waals surface area contributed by atoms with Crippen molar-refractivity contribution < 1.29 is 4.74 Å². The Balaban J connectivity index is 2.32. The van der Waals surface area contributed by atoms with Crippen molar-refractivity contribution in [3.8, 4) is 5.75 Å².